The van der Waals surface area contributed by atoms with E-state index in [4.69, 9.17) is 0 Å². The molecule has 2 rings (SSSR count). The molecule has 0 bridgehead atoms. The fourth-order valence-electron chi connectivity index (χ4n) is 1.61. The summed E-state index contributed by atoms with van der Waals surface area (Å²) in [6.07, 6.45) is 1.62. The molecule has 1 aromatic heterocycles. The highest BCUT2D eigenvalue weighted by Gasteiger charge is 2.11. The van der Waals surface area contributed by atoms with E-state index in [2.05, 4.69) is 20.4 Å². The molecule has 5 nitrogen and oxygen atoms in total. The third-order valence-electron chi connectivity index (χ3n) is 2.41. The molecule has 2 N–H and O–H groups in total. The molecule has 0 unspecified atom stereocenters. The summed E-state index contributed by atoms with van der Waals surface area (Å²) in [6, 6.07) is 1.78. The van der Waals surface area contributed by atoms with Crippen molar-refractivity contribution in [1.29, 1.82) is 0 Å². The minimum absolute atomic E-state index is 0.0777. The zero-order valence-electron chi connectivity index (χ0n) is 7.99. The van der Waals surface area contributed by atoms with Crippen molar-refractivity contribution in [2.75, 3.05) is 26.2 Å². The smallest absolute Gasteiger partial charge is 0.268 e. The van der Waals surface area contributed by atoms with E-state index in [1.807, 2.05) is 0 Å². The van der Waals surface area contributed by atoms with E-state index in [1.165, 1.54) is 0 Å². The van der Waals surface area contributed by atoms with Crippen LogP contribution in [0.3, 0.4) is 0 Å². The second-order valence-electron chi connectivity index (χ2n) is 3.44. The molecule has 2 heterocycles. The van der Waals surface area contributed by atoms with Crippen LogP contribution in [0.2, 0.25) is 0 Å². The van der Waals surface area contributed by atoms with Crippen LogP contribution in [0.25, 0.3) is 0 Å². The van der Waals surface area contributed by atoms with E-state index in [0.29, 0.717) is 0 Å². The van der Waals surface area contributed by atoms with Gasteiger partial charge in [0.2, 0.25) is 0 Å². The molecule has 14 heavy (non-hydrogen) atoms. The van der Waals surface area contributed by atoms with Crippen molar-refractivity contribution in [2.24, 2.45) is 0 Å². The quantitative estimate of drug-likeness (QED) is 0.645. The molecule has 1 aliphatic heterocycles. The second kappa shape index (κ2) is 4.34. The first kappa shape index (κ1) is 9.36. The Hall–Kier alpha value is -1.20. The van der Waals surface area contributed by atoms with Gasteiger partial charge in [-0.2, -0.15) is 5.10 Å². The predicted octanol–water partition coefficient (Wildman–Crippen LogP) is -0.825. The fourth-order valence-corrected chi connectivity index (χ4v) is 1.61. The SMILES string of the molecule is O=c1[nH]nccc1CN1CCNCC1. The lowest BCUT2D eigenvalue weighted by molar-refractivity contribution is 0.232. The number of rotatable bonds is 2. The lowest BCUT2D eigenvalue weighted by Gasteiger charge is -2.26. The van der Waals surface area contributed by atoms with Crippen molar-refractivity contribution in [3.63, 3.8) is 0 Å². The maximum absolute atomic E-state index is 11.3. The first-order chi connectivity index (χ1) is 6.86. The number of H-pyrrole nitrogens is 1. The monoisotopic (exact) mass is 194 g/mol. The number of aromatic amines is 1. The number of piperazine rings is 1. The molecule has 0 aromatic carbocycles. The molecule has 76 valence electrons. The molecule has 0 amide bonds. The minimum Gasteiger partial charge on any atom is -0.314 e. The van der Waals surface area contributed by atoms with E-state index in [1.54, 1.807) is 12.3 Å². The highest BCUT2D eigenvalue weighted by molar-refractivity contribution is 5.05. The third kappa shape index (κ3) is 2.18. The second-order valence-corrected chi connectivity index (χ2v) is 3.44. The highest BCUT2D eigenvalue weighted by atomic mass is 16.1. The Kier molecular flexibility index (Phi) is 2.90. The Bertz CT molecular complexity index is 343. The van der Waals surface area contributed by atoms with Gasteiger partial charge in [0.25, 0.3) is 5.56 Å². The summed E-state index contributed by atoms with van der Waals surface area (Å²) in [4.78, 5) is 13.6. The largest absolute Gasteiger partial charge is 0.314 e. The van der Waals surface area contributed by atoms with E-state index in [-0.39, 0.29) is 5.56 Å². The molecule has 1 fully saturated rings. The van der Waals surface area contributed by atoms with Crippen LogP contribution >= 0.6 is 0 Å². The lowest BCUT2D eigenvalue weighted by atomic mass is 10.2. The third-order valence-corrected chi connectivity index (χ3v) is 2.41. The van der Waals surface area contributed by atoms with Gasteiger partial charge >= 0.3 is 0 Å². The van der Waals surface area contributed by atoms with Crippen molar-refractivity contribution in [3.05, 3.63) is 28.2 Å². The van der Waals surface area contributed by atoms with Crippen molar-refractivity contribution in [2.45, 2.75) is 6.54 Å². The zero-order valence-corrected chi connectivity index (χ0v) is 7.99. The number of nitrogens with zero attached hydrogens (tertiary/aromatic N) is 2. The van der Waals surface area contributed by atoms with Gasteiger partial charge in [-0.05, 0) is 6.07 Å². The Morgan fingerprint density at radius 2 is 2.21 bits per heavy atom. The van der Waals surface area contributed by atoms with Crippen molar-refractivity contribution >= 4 is 0 Å². The molecule has 5 heteroatoms. The van der Waals surface area contributed by atoms with Gasteiger partial charge in [-0.1, -0.05) is 0 Å². The fraction of sp³-hybridized carbons (Fsp3) is 0.556. The molecule has 0 spiro atoms. The van der Waals surface area contributed by atoms with Crippen LogP contribution in [0.4, 0.5) is 0 Å². The van der Waals surface area contributed by atoms with E-state index in [0.717, 1.165) is 38.3 Å². The Morgan fingerprint density at radius 1 is 1.43 bits per heavy atom. The Labute approximate surface area is 82.1 Å². The van der Waals surface area contributed by atoms with Crippen LogP contribution in [-0.2, 0) is 6.54 Å². The molecular formula is C9H14N4O. The molecule has 0 atom stereocenters. The van der Waals surface area contributed by atoms with Gasteiger partial charge in [0.1, 0.15) is 0 Å². The van der Waals surface area contributed by atoms with E-state index < -0.39 is 0 Å². The van der Waals surface area contributed by atoms with Gasteiger partial charge in [0.05, 0.1) is 0 Å². The minimum atomic E-state index is -0.0777. The van der Waals surface area contributed by atoms with Crippen molar-refractivity contribution in [3.8, 4) is 0 Å². The van der Waals surface area contributed by atoms with Gasteiger partial charge in [-0.3, -0.25) is 9.69 Å². The summed E-state index contributed by atoms with van der Waals surface area (Å²) in [6.45, 7) is 4.73. The van der Waals surface area contributed by atoms with Gasteiger partial charge in [0.15, 0.2) is 0 Å². The maximum atomic E-state index is 11.3. The van der Waals surface area contributed by atoms with Gasteiger partial charge in [0, 0.05) is 44.5 Å². The predicted molar refractivity (Wildman–Crippen MR) is 53.0 cm³/mol. The summed E-state index contributed by atoms with van der Waals surface area (Å²) in [7, 11) is 0. The van der Waals surface area contributed by atoms with Gasteiger partial charge < -0.3 is 5.32 Å². The van der Waals surface area contributed by atoms with Gasteiger partial charge in [-0.25, -0.2) is 5.10 Å². The number of aromatic nitrogens is 2. The average Bonchev–Trinajstić information content (AvgIpc) is 2.23. The van der Waals surface area contributed by atoms with Crippen LogP contribution in [0.1, 0.15) is 5.56 Å². The van der Waals surface area contributed by atoms with E-state index in [9.17, 15) is 4.79 Å². The first-order valence-electron chi connectivity index (χ1n) is 4.82. The maximum Gasteiger partial charge on any atom is 0.268 e. The molecule has 1 aliphatic rings. The van der Waals surface area contributed by atoms with Crippen LogP contribution in [0.5, 0.6) is 0 Å². The number of nitrogens with one attached hydrogen (secondary N) is 2. The molecule has 0 radical (unpaired) electrons. The molecule has 0 aliphatic carbocycles. The summed E-state index contributed by atoms with van der Waals surface area (Å²) in [5.74, 6) is 0. The Balaban J connectivity index is 2.03. The van der Waals surface area contributed by atoms with Gasteiger partial charge in [-0.15, -0.1) is 0 Å². The molecule has 1 saturated heterocycles. The number of hydrogen-bond acceptors (Lipinski definition) is 4. The standard InChI is InChI=1S/C9H14N4O/c14-9-8(1-2-11-12-9)7-13-5-3-10-4-6-13/h1-2,10H,3-7H2,(H,12,14). The zero-order chi connectivity index (χ0) is 9.80. The van der Waals surface area contributed by atoms with Crippen LogP contribution < -0.4 is 10.9 Å². The van der Waals surface area contributed by atoms with Crippen molar-refractivity contribution < 1.29 is 0 Å². The molecule has 0 saturated carbocycles. The average molecular weight is 194 g/mol. The lowest BCUT2D eigenvalue weighted by Crippen LogP contribution is -2.43. The molecule has 1 aromatic rings. The topological polar surface area (TPSA) is 61.0 Å². The normalized spacial score (nSPS) is 18.3. The Morgan fingerprint density at radius 3 is 2.93 bits per heavy atom. The van der Waals surface area contributed by atoms with Crippen LogP contribution in [-0.4, -0.2) is 41.3 Å². The first-order valence-corrected chi connectivity index (χ1v) is 4.82. The molecular weight excluding hydrogens is 180 g/mol. The van der Waals surface area contributed by atoms with Crippen LogP contribution in [0, 0.1) is 0 Å². The van der Waals surface area contributed by atoms with Crippen LogP contribution in [0.15, 0.2) is 17.1 Å². The summed E-state index contributed by atoms with van der Waals surface area (Å²) in [5.41, 5.74) is 0.716. The summed E-state index contributed by atoms with van der Waals surface area (Å²) in [5, 5.41) is 9.39. The highest BCUT2D eigenvalue weighted by Crippen LogP contribution is 1.99. The number of hydrogen-bond donors (Lipinski definition) is 2. The summed E-state index contributed by atoms with van der Waals surface area (Å²) < 4.78 is 0. The summed E-state index contributed by atoms with van der Waals surface area (Å²) >= 11 is 0. The van der Waals surface area contributed by atoms with Crippen molar-refractivity contribution in [1.82, 2.24) is 20.4 Å². The van der Waals surface area contributed by atoms with E-state index >= 15 is 0 Å².